The van der Waals surface area contributed by atoms with Gasteiger partial charge in [0.25, 0.3) is 0 Å². The van der Waals surface area contributed by atoms with Gasteiger partial charge in [0.15, 0.2) is 5.12 Å². The van der Waals surface area contributed by atoms with E-state index in [9.17, 15) is 14.7 Å². The second kappa shape index (κ2) is 9.36. The number of esters is 1. The van der Waals surface area contributed by atoms with Crippen molar-refractivity contribution in [3.05, 3.63) is 20.8 Å². The molecule has 1 aromatic rings. The third-order valence-electron chi connectivity index (χ3n) is 3.18. The molecule has 0 amide bonds. The molecule has 1 atom stereocenters. The quantitative estimate of drug-likeness (QED) is 0.464. The summed E-state index contributed by atoms with van der Waals surface area (Å²) >= 11 is 6.11. The largest absolute Gasteiger partial charge is 0.460 e. The predicted octanol–water partition coefficient (Wildman–Crippen LogP) is 4.88. The zero-order valence-corrected chi connectivity index (χ0v) is 17.8. The predicted molar refractivity (Wildman–Crippen MR) is 103 cm³/mol. The molecule has 0 saturated heterocycles. The SMILES string of the molecule is CC(=O)SCCCCC(O)(CC(=O)OC(C)(C)C)c1ccc(Br)s1. The number of aliphatic hydroxyl groups is 1. The standard InChI is InChI=1S/C17H25BrO4S2/c1-12(19)23-10-6-5-9-17(21,13-7-8-14(18)24-13)11-15(20)22-16(2,3)4/h7-8,21H,5-6,9-11H2,1-4H3. The Bertz CT molecular complexity index is 565. The molecule has 1 rings (SSSR count). The van der Waals surface area contributed by atoms with E-state index in [4.69, 9.17) is 4.74 Å². The Labute approximate surface area is 160 Å². The molecule has 0 bridgehead atoms. The van der Waals surface area contributed by atoms with Crippen molar-refractivity contribution >= 4 is 50.1 Å². The molecule has 0 aromatic carbocycles. The van der Waals surface area contributed by atoms with Gasteiger partial charge in [0, 0.05) is 17.6 Å². The second-order valence-corrected chi connectivity index (χ2v) is 10.4. The highest BCUT2D eigenvalue weighted by Crippen LogP contribution is 2.38. The summed E-state index contributed by atoms with van der Waals surface area (Å²) in [7, 11) is 0. The van der Waals surface area contributed by atoms with Crippen molar-refractivity contribution in [2.75, 3.05) is 5.75 Å². The maximum Gasteiger partial charge on any atom is 0.309 e. The van der Waals surface area contributed by atoms with Crippen LogP contribution in [0, 0.1) is 0 Å². The number of unbranched alkanes of at least 4 members (excludes halogenated alkanes) is 1. The average molecular weight is 437 g/mol. The lowest BCUT2D eigenvalue weighted by Gasteiger charge is -2.28. The van der Waals surface area contributed by atoms with Crippen LogP contribution < -0.4 is 0 Å². The van der Waals surface area contributed by atoms with Crippen LogP contribution in [0.2, 0.25) is 0 Å². The molecule has 1 aromatic heterocycles. The first kappa shape index (κ1) is 21.7. The van der Waals surface area contributed by atoms with Crippen LogP contribution in [0.5, 0.6) is 0 Å². The van der Waals surface area contributed by atoms with E-state index in [0.717, 1.165) is 27.3 Å². The lowest BCUT2D eigenvalue weighted by Crippen LogP contribution is -2.32. The molecule has 0 aliphatic rings. The summed E-state index contributed by atoms with van der Waals surface area (Å²) in [6.45, 7) is 6.98. The van der Waals surface area contributed by atoms with Gasteiger partial charge in [-0.05, 0) is 68.1 Å². The summed E-state index contributed by atoms with van der Waals surface area (Å²) in [4.78, 5) is 23.9. The van der Waals surface area contributed by atoms with E-state index in [1.165, 1.54) is 23.1 Å². The zero-order chi connectivity index (χ0) is 18.4. The Hall–Kier alpha value is -0.370. The molecule has 0 spiro atoms. The summed E-state index contributed by atoms with van der Waals surface area (Å²) < 4.78 is 6.28. The molecule has 0 fully saturated rings. The summed E-state index contributed by atoms with van der Waals surface area (Å²) in [5.41, 5.74) is -1.81. The van der Waals surface area contributed by atoms with E-state index in [0.29, 0.717) is 6.42 Å². The Morgan fingerprint density at radius 1 is 1.29 bits per heavy atom. The van der Waals surface area contributed by atoms with Gasteiger partial charge in [0.05, 0.1) is 10.2 Å². The Balaban J connectivity index is 2.73. The first-order valence-electron chi connectivity index (χ1n) is 7.85. The van der Waals surface area contributed by atoms with Gasteiger partial charge in [0.1, 0.15) is 11.2 Å². The number of ether oxygens (including phenoxy) is 1. The smallest absolute Gasteiger partial charge is 0.309 e. The first-order chi connectivity index (χ1) is 11.0. The van der Waals surface area contributed by atoms with E-state index >= 15 is 0 Å². The van der Waals surface area contributed by atoms with Crippen molar-refractivity contribution in [2.45, 2.75) is 64.6 Å². The van der Waals surface area contributed by atoms with E-state index in [1.807, 2.05) is 32.9 Å². The molecule has 0 saturated carbocycles. The molecule has 24 heavy (non-hydrogen) atoms. The Morgan fingerprint density at radius 2 is 1.96 bits per heavy atom. The van der Waals surface area contributed by atoms with Crippen LogP contribution in [0.4, 0.5) is 0 Å². The highest BCUT2D eigenvalue weighted by molar-refractivity contribution is 9.11. The van der Waals surface area contributed by atoms with Crippen molar-refractivity contribution < 1.29 is 19.4 Å². The summed E-state index contributed by atoms with van der Waals surface area (Å²) in [6, 6.07) is 3.70. The van der Waals surface area contributed by atoms with Crippen LogP contribution in [0.1, 0.15) is 58.3 Å². The number of halogens is 1. The van der Waals surface area contributed by atoms with Gasteiger partial charge in [-0.25, -0.2) is 0 Å². The Kier molecular flexibility index (Phi) is 8.45. The van der Waals surface area contributed by atoms with Crippen LogP contribution >= 0.6 is 39.0 Å². The number of carbonyl (C=O) groups is 2. The molecular formula is C17H25BrO4S2. The topological polar surface area (TPSA) is 63.6 Å². The number of hydrogen-bond donors (Lipinski definition) is 1. The van der Waals surface area contributed by atoms with E-state index in [-0.39, 0.29) is 11.5 Å². The number of thiophene rings is 1. The Morgan fingerprint density at radius 3 is 2.46 bits per heavy atom. The fourth-order valence-corrected chi connectivity index (χ4v) is 4.35. The normalized spacial score (nSPS) is 14.2. The third-order valence-corrected chi connectivity index (χ3v) is 5.89. The molecule has 136 valence electrons. The minimum atomic E-state index is -1.24. The van der Waals surface area contributed by atoms with Crippen molar-refractivity contribution in [3.63, 3.8) is 0 Å². The van der Waals surface area contributed by atoms with Crippen molar-refractivity contribution in [2.24, 2.45) is 0 Å². The molecule has 0 radical (unpaired) electrons. The summed E-state index contributed by atoms with van der Waals surface area (Å²) in [5.74, 6) is 0.319. The highest BCUT2D eigenvalue weighted by atomic mass is 79.9. The van der Waals surface area contributed by atoms with E-state index < -0.39 is 17.2 Å². The number of hydrogen-bond acceptors (Lipinski definition) is 6. The van der Waals surface area contributed by atoms with Crippen LogP contribution in [-0.4, -0.2) is 27.5 Å². The number of rotatable bonds is 8. The van der Waals surface area contributed by atoms with Gasteiger partial charge < -0.3 is 9.84 Å². The van der Waals surface area contributed by atoms with Gasteiger partial charge in [-0.3, -0.25) is 9.59 Å². The minimum absolute atomic E-state index is 0.0723. The van der Waals surface area contributed by atoms with Gasteiger partial charge in [-0.15, -0.1) is 11.3 Å². The van der Waals surface area contributed by atoms with Gasteiger partial charge in [-0.2, -0.15) is 0 Å². The summed E-state index contributed by atoms with van der Waals surface area (Å²) in [5, 5.41) is 11.2. The van der Waals surface area contributed by atoms with Crippen LogP contribution in [-0.2, 0) is 19.9 Å². The van der Waals surface area contributed by atoms with Gasteiger partial charge in [0.2, 0.25) is 0 Å². The van der Waals surface area contributed by atoms with Crippen LogP contribution in [0.25, 0.3) is 0 Å². The summed E-state index contributed by atoms with van der Waals surface area (Å²) in [6.07, 6.45) is 1.93. The second-order valence-electron chi connectivity index (χ2n) is 6.70. The fourth-order valence-electron chi connectivity index (χ4n) is 2.21. The minimum Gasteiger partial charge on any atom is -0.460 e. The number of thioether (sulfide) groups is 1. The molecule has 0 aliphatic heterocycles. The molecule has 1 N–H and O–H groups in total. The molecule has 4 nitrogen and oxygen atoms in total. The maximum atomic E-state index is 12.2. The van der Waals surface area contributed by atoms with Gasteiger partial charge in [-0.1, -0.05) is 11.8 Å². The van der Waals surface area contributed by atoms with Crippen LogP contribution in [0.3, 0.4) is 0 Å². The fraction of sp³-hybridized carbons (Fsp3) is 0.647. The third kappa shape index (κ3) is 8.14. The first-order valence-corrected chi connectivity index (χ1v) is 10.4. The van der Waals surface area contributed by atoms with E-state index in [2.05, 4.69) is 15.9 Å². The monoisotopic (exact) mass is 436 g/mol. The van der Waals surface area contributed by atoms with Crippen molar-refractivity contribution in [3.8, 4) is 0 Å². The van der Waals surface area contributed by atoms with Crippen molar-refractivity contribution in [1.29, 1.82) is 0 Å². The van der Waals surface area contributed by atoms with Crippen LogP contribution in [0.15, 0.2) is 15.9 Å². The number of carbonyl (C=O) groups excluding carboxylic acids is 2. The molecule has 0 aliphatic carbocycles. The van der Waals surface area contributed by atoms with Gasteiger partial charge >= 0.3 is 5.97 Å². The molecular weight excluding hydrogens is 412 g/mol. The highest BCUT2D eigenvalue weighted by Gasteiger charge is 2.35. The maximum absolute atomic E-state index is 12.2. The van der Waals surface area contributed by atoms with Crippen molar-refractivity contribution in [1.82, 2.24) is 0 Å². The lowest BCUT2D eigenvalue weighted by molar-refractivity contribution is -0.161. The van der Waals surface area contributed by atoms with E-state index in [1.54, 1.807) is 6.92 Å². The zero-order valence-electron chi connectivity index (χ0n) is 14.6. The average Bonchev–Trinajstić information content (AvgIpc) is 2.83. The molecule has 1 unspecified atom stereocenters. The lowest BCUT2D eigenvalue weighted by atomic mass is 9.91. The molecule has 7 heteroatoms. The molecule has 1 heterocycles.